The monoisotopic (exact) mass is 336 g/mol. The van der Waals surface area contributed by atoms with Gasteiger partial charge in [-0.15, -0.1) is 0 Å². The second-order valence-corrected chi connectivity index (χ2v) is 6.20. The fourth-order valence-corrected chi connectivity index (χ4v) is 3.29. The van der Waals surface area contributed by atoms with E-state index in [1.54, 1.807) is 14.2 Å². The molecule has 0 aliphatic heterocycles. The molecule has 2 nitrogen and oxygen atoms in total. The zero-order chi connectivity index (χ0) is 17.0. The lowest BCUT2D eigenvalue weighted by Gasteiger charge is -2.31. The molecule has 0 bridgehead atoms. The summed E-state index contributed by atoms with van der Waals surface area (Å²) in [5.74, 6) is 1.66. The van der Waals surface area contributed by atoms with Crippen molar-refractivity contribution < 1.29 is 9.47 Å². The molecule has 0 amide bonds. The highest BCUT2D eigenvalue weighted by Crippen LogP contribution is 2.43. The Bertz CT molecular complexity index is 733. The summed E-state index contributed by atoms with van der Waals surface area (Å²) in [5, 5.41) is 0. The molecule has 3 rings (SSSR count). The van der Waals surface area contributed by atoms with Crippen molar-refractivity contribution in [3.05, 3.63) is 95.6 Å². The van der Waals surface area contributed by atoms with Crippen LogP contribution in [0.2, 0.25) is 0 Å². The average molecular weight is 336 g/mol. The van der Waals surface area contributed by atoms with Gasteiger partial charge < -0.3 is 9.47 Å². The second-order valence-electron chi connectivity index (χ2n) is 5.53. The van der Waals surface area contributed by atoms with Crippen LogP contribution in [-0.4, -0.2) is 14.2 Å². The molecular formula is C21H20O2S. The van der Waals surface area contributed by atoms with Gasteiger partial charge in [0.25, 0.3) is 0 Å². The minimum atomic E-state index is -0.556. The molecule has 0 aromatic heterocycles. The Morgan fingerprint density at radius 1 is 0.583 bits per heavy atom. The summed E-state index contributed by atoms with van der Waals surface area (Å²) in [5.41, 5.74) is 3.29. The maximum absolute atomic E-state index is 5.28. The van der Waals surface area contributed by atoms with Gasteiger partial charge in [-0.3, -0.25) is 0 Å². The molecule has 0 saturated heterocycles. The van der Waals surface area contributed by atoms with Crippen LogP contribution in [-0.2, 0) is 4.75 Å². The summed E-state index contributed by atoms with van der Waals surface area (Å²) in [6, 6.07) is 26.4. The molecular weight excluding hydrogens is 316 g/mol. The highest BCUT2D eigenvalue weighted by molar-refractivity contribution is 7.81. The molecule has 122 valence electrons. The first-order valence-corrected chi connectivity index (χ1v) is 8.20. The lowest BCUT2D eigenvalue weighted by atomic mass is 9.84. The minimum absolute atomic E-state index is 0.556. The fraction of sp³-hybridized carbons (Fsp3) is 0.143. The first-order valence-electron chi connectivity index (χ1n) is 7.75. The van der Waals surface area contributed by atoms with Gasteiger partial charge in [-0.25, -0.2) is 0 Å². The largest absolute Gasteiger partial charge is 0.497 e. The van der Waals surface area contributed by atoms with Crippen molar-refractivity contribution in [3.63, 3.8) is 0 Å². The molecule has 0 N–H and O–H groups in total. The van der Waals surface area contributed by atoms with E-state index in [2.05, 4.69) is 36.4 Å². The lowest BCUT2D eigenvalue weighted by Crippen LogP contribution is -2.22. The Hall–Kier alpha value is -2.39. The van der Waals surface area contributed by atoms with Crippen LogP contribution in [0.15, 0.2) is 78.9 Å². The third kappa shape index (κ3) is 3.00. The normalized spacial score (nSPS) is 11.1. The van der Waals surface area contributed by atoms with E-state index in [9.17, 15) is 0 Å². The Morgan fingerprint density at radius 2 is 0.958 bits per heavy atom. The van der Waals surface area contributed by atoms with Gasteiger partial charge in [0.1, 0.15) is 11.5 Å². The van der Waals surface area contributed by atoms with Crippen molar-refractivity contribution in [2.45, 2.75) is 4.75 Å². The van der Waals surface area contributed by atoms with Crippen molar-refractivity contribution in [3.8, 4) is 11.5 Å². The van der Waals surface area contributed by atoms with Gasteiger partial charge in [0.05, 0.1) is 19.0 Å². The zero-order valence-corrected chi connectivity index (χ0v) is 14.7. The molecule has 0 atom stereocenters. The van der Waals surface area contributed by atoms with Crippen LogP contribution >= 0.6 is 12.6 Å². The Morgan fingerprint density at radius 3 is 1.33 bits per heavy atom. The first kappa shape index (κ1) is 16.5. The molecule has 0 aliphatic carbocycles. The van der Waals surface area contributed by atoms with E-state index < -0.39 is 4.75 Å². The van der Waals surface area contributed by atoms with Crippen LogP contribution in [0.1, 0.15) is 16.7 Å². The number of rotatable bonds is 5. The van der Waals surface area contributed by atoms with Gasteiger partial charge in [0.15, 0.2) is 0 Å². The Labute approximate surface area is 148 Å². The summed E-state index contributed by atoms with van der Waals surface area (Å²) >= 11 is 5.13. The number of hydrogen-bond donors (Lipinski definition) is 1. The van der Waals surface area contributed by atoms with Crippen molar-refractivity contribution in [2.75, 3.05) is 14.2 Å². The van der Waals surface area contributed by atoms with Crippen LogP contribution in [0.3, 0.4) is 0 Å². The SMILES string of the molecule is COc1ccc(C(S)(c2ccccc2)c2ccc(OC)cc2)cc1. The summed E-state index contributed by atoms with van der Waals surface area (Å²) < 4.78 is 10.0. The maximum Gasteiger partial charge on any atom is 0.118 e. The van der Waals surface area contributed by atoms with Gasteiger partial charge in [-0.1, -0.05) is 54.6 Å². The molecule has 0 fully saturated rings. The molecule has 0 spiro atoms. The predicted octanol–water partition coefficient (Wildman–Crippen LogP) is 4.93. The highest BCUT2D eigenvalue weighted by atomic mass is 32.1. The average Bonchev–Trinajstić information content (AvgIpc) is 2.68. The highest BCUT2D eigenvalue weighted by Gasteiger charge is 2.32. The molecule has 0 heterocycles. The molecule has 0 aliphatic rings. The zero-order valence-electron chi connectivity index (χ0n) is 13.8. The standard InChI is InChI=1S/C21H20O2S/c1-22-19-12-8-17(9-13-19)21(24,16-6-4-3-5-7-16)18-10-14-20(23-2)15-11-18/h3-15,24H,1-2H3. The second kappa shape index (κ2) is 7.02. The first-order chi connectivity index (χ1) is 11.7. The smallest absolute Gasteiger partial charge is 0.118 e. The summed E-state index contributed by atoms with van der Waals surface area (Å²) in [6.45, 7) is 0. The van der Waals surface area contributed by atoms with E-state index in [1.807, 2.05) is 42.5 Å². The van der Waals surface area contributed by atoms with E-state index in [0.717, 1.165) is 28.2 Å². The predicted molar refractivity (Wildman–Crippen MR) is 101 cm³/mol. The number of ether oxygens (including phenoxy) is 2. The van der Waals surface area contributed by atoms with Crippen molar-refractivity contribution in [1.29, 1.82) is 0 Å². The third-order valence-electron chi connectivity index (χ3n) is 4.21. The van der Waals surface area contributed by atoms with Gasteiger partial charge in [0.2, 0.25) is 0 Å². The number of hydrogen-bond acceptors (Lipinski definition) is 3. The molecule has 0 unspecified atom stereocenters. The van der Waals surface area contributed by atoms with Gasteiger partial charge in [0, 0.05) is 0 Å². The minimum Gasteiger partial charge on any atom is -0.497 e. The number of benzene rings is 3. The molecule has 3 aromatic carbocycles. The molecule has 24 heavy (non-hydrogen) atoms. The Balaban J connectivity index is 2.16. The van der Waals surface area contributed by atoms with E-state index in [0.29, 0.717) is 0 Å². The molecule has 0 saturated carbocycles. The van der Waals surface area contributed by atoms with Crippen molar-refractivity contribution in [1.82, 2.24) is 0 Å². The molecule has 3 heteroatoms. The van der Waals surface area contributed by atoms with E-state index in [1.165, 1.54) is 0 Å². The van der Waals surface area contributed by atoms with E-state index >= 15 is 0 Å². The molecule has 0 radical (unpaired) electrons. The molecule has 3 aromatic rings. The van der Waals surface area contributed by atoms with Crippen LogP contribution in [0, 0.1) is 0 Å². The topological polar surface area (TPSA) is 18.5 Å². The van der Waals surface area contributed by atoms with Gasteiger partial charge >= 0.3 is 0 Å². The summed E-state index contributed by atoms with van der Waals surface area (Å²) in [7, 11) is 3.34. The van der Waals surface area contributed by atoms with Crippen LogP contribution in [0.4, 0.5) is 0 Å². The summed E-state index contributed by atoms with van der Waals surface area (Å²) in [6.07, 6.45) is 0. The van der Waals surface area contributed by atoms with E-state index in [-0.39, 0.29) is 0 Å². The fourth-order valence-electron chi connectivity index (χ4n) is 2.84. The summed E-state index contributed by atoms with van der Waals surface area (Å²) in [4.78, 5) is 0. The van der Waals surface area contributed by atoms with Crippen LogP contribution < -0.4 is 9.47 Å². The van der Waals surface area contributed by atoms with Crippen LogP contribution in [0.5, 0.6) is 11.5 Å². The van der Waals surface area contributed by atoms with Crippen molar-refractivity contribution in [2.24, 2.45) is 0 Å². The van der Waals surface area contributed by atoms with E-state index in [4.69, 9.17) is 22.1 Å². The lowest BCUT2D eigenvalue weighted by molar-refractivity contribution is 0.414. The third-order valence-corrected chi connectivity index (χ3v) is 4.98. The van der Waals surface area contributed by atoms with Gasteiger partial charge in [-0.2, -0.15) is 12.6 Å². The number of methoxy groups -OCH3 is 2. The van der Waals surface area contributed by atoms with Crippen molar-refractivity contribution >= 4 is 12.6 Å². The quantitative estimate of drug-likeness (QED) is 0.526. The Kier molecular flexibility index (Phi) is 4.81. The van der Waals surface area contributed by atoms with Crippen LogP contribution in [0.25, 0.3) is 0 Å². The number of thiol groups is 1. The maximum atomic E-state index is 5.28. The van der Waals surface area contributed by atoms with Gasteiger partial charge in [-0.05, 0) is 41.0 Å².